The van der Waals surface area contributed by atoms with Gasteiger partial charge in [0.05, 0.1) is 34.2 Å². The highest BCUT2D eigenvalue weighted by atomic mass is 32.1. The lowest BCUT2D eigenvalue weighted by atomic mass is 9.63. The molecule has 4 aromatic rings. The van der Waals surface area contributed by atoms with Crippen LogP contribution in [-0.2, 0) is 18.3 Å². The predicted octanol–water partition coefficient (Wildman–Crippen LogP) is 5.21. The largest absolute Gasteiger partial charge is 0.389 e. The Morgan fingerprint density at radius 1 is 1.27 bits per heavy atom. The number of anilines is 2. The normalized spacial score (nSPS) is 22.5. The van der Waals surface area contributed by atoms with E-state index in [2.05, 4.69) is 36.8 Å². The molecule has 0 amide bonds. The molecule has 0 bridgehead atoms. The van der Waals surface area contributed by atoms with E-state index in [1.165, 1.54) is 11.3 Å². The van der Waals surface area contributed by atoms with E-state index in [-0.39, 0.29) is 6.04 Å². The van der Waals surface area contributed by atoms with Crippen molar-refractivity contribution in [3.63, 3.8) is 0 Å². The molecule has 3 N–H and O–H groups in total. The van der Waals surface area contributed by atoms with Gasteiger partial charge in [-0.25, -0.2) is 14.6 Å². The van der Waals surface area contributed by atoms with Crippen LogP contribution < -0.4 is 10.6 Å². The summed E-state index contributed by atoms with van der Waals surface area (Å²) in [4.78, 5) is 16.0. The number of rotatable bonds is 7. The van der Waals surface area contributed by atoms with Gasteiger partial charge < -0.3 is 25.2 Å². The molecule has 3 unspecified atom stereocenters. The molecular weight excluding hydrogens is 586 g/mol. The van der Waals surface area contributed by atoms with Gasteiger partial charge in [-0.3, -0.25) is 0 Å². The molecule has 3 aliphatic rings. The molecule has 11 nitrogen and oxygen atoms in total. The highest BCUT2D eigenvalue weighted by molar-refractivity contribution is 7.16. The first-order valence-electron chi connectivity index (χ1n) is 16.3. The van der Waals surface area contributed by atoms with Crippen molar-refractivity contribution in [3.8, 4) is 17.6 Å². The Morgan fingerprint density at radius 3 is 2.73 bits per heavy atom. The summed E-state index contributed by atoms with van der Waals surface area (Å²) in [6.07, 6.45) is 9.62. The molecule has 0 saturated carbocycles. The number of aromatic nitrogens is 5. The van der Waals surface area contributed by atoms with Gasteiger partial charge in [-0.05, 0) is 98.2 Å². The summed E-state index contributed by atoms with van der Waals surface area (Å²) >= 11 is 1.55. The highest BCUT2D eigenvalue weighted by Gasteiger charge is 2.49. The van der Waals surface area contributed by atoms with Gasteiger partial charge in [-0.1, -0.05) is 5.16 Å². The number of likely N-dealkylation sites (N-methyl/N-ethyl adjacent to an activating group) is 2. The number of aryl methyl sites for hydroxylation is 1. The molecule has 1 spiro atoms. The van der Waals surface area contributed by atoms with Gasteiger partial charge >= 0.3 is 0 Å². The molecule has 1 saturated heterocycles. The summed E-state index contributed by atoms with van der Waals surface area (Å²) in [5.41, 5.74) is 9.11. The second kappa shape index (κ2) is 11.1. The average Bonchev–Trinajstić information content (AvgIpc) is 3.79. The zero-order valence-electron chi connectivity index (χ0n) is 26.9. The summed E-state index contributed by atoms with van der Waals surface area (Å²) in [6.45, 7) is 10.1. The van der Waals surface area contributed by atoms with E-state index in [1.807, 2.05) is 24.7 Å². The number of fused-ring (bicyclic) bond motifs is 5. The monoisotopic (exact) mass is 629 g/mol. The van der Waals surface area contributed by atoms with Gasteiger partial charge in [-0.2, -0.15) is 10.4 Å². The van der Waals surface area contributed by atoms with Crippen LogP contribution in [-0.4, -0.2) is 73.2 Å². The Hall–Kier alpha value is -3.53. The molecular formula is C33H43N9O2S. The third-order valence-electron chi connectivity index (χ3n) is 10.3. The summed E-state index contributed by atoms with van der Waals surface area (Å²) in [6, 6.07) is 2.88. The van der Waals surface area contributed by atoms with Crippen molar-refractivity contribution in [1.29, 1.82) is 5.26 Å². The Kier molecular flexibility index (Phi) is 7.41. The molecule has 45 heavy (non-hydrogen) atoms. The van der Waals surface area contributed by atoms with Crippen LogP contribution in [0.5, 0.6) is 0 Å². The third kappa shape index (κ3) is 4.82. The third-order valence-corrected chi connectivity index (χ3v) is 11.4. The molecule has 7 rings (SSSR count). The van der Waals surface area contributed by atoms with Crippen molar-refractivity contribution in [1.82, 2.24) is 29.8 Å². The van der Waals surface area contributed by atoms with Crippen LogP contribution in [0.15, 0.2) is 10.7 Å². The number of hydrogen-bond acceptors (Lipinski definition) is 11. The van der Waals surface area contributed by atoms with Crippen LogP contribution >= 0.6 is 11.3 Å². The van der Waals surface area contributed by atoms with Gasteiger partial charge in [0.25, 0.3) is 0 Å². The summed E-state index contributed by atoms with van der Waals surface area (Å²) < 4.78 is 8.36. The Labute approximate surface area is 268 Å². The van der Waals surface area contributed by atoms with Crippen molar-refractivity contribution in [3.05, 3.63) is 33.5 Å². The van der Waals surface area contributed by atoms with Crippen molar-refractivity contribution in [2.45, 2.75) is 102 Å². The van der Waals surface area contributed by atoms with E-state index >= 15 is 0 Å². The number of hydrogen-bond donors (Lipinski definition) is 2. The first kappa shape index (κ1) is 30.1. The van der Waals surface area contributed by atoms with Gasteiger partial charge in [0, 0.05) is 29.6 Å². The number of nitrogens with two attached hydrogens (primary N) is 1. The van der Waals surface area contributed by atoms with E-state index < -0.39 is 11.0 Å². The Bertz CT molecular complexity index is 1790. The fourth-order valence-corrected chi connectivity index (χ4v) is 9.45. The minimum absolute atomic E-state index is 0.110. The smallest absolute Gasteiger partial charge is 0.186 e. The molecule has 5 heterocycles. The highest BCUT2D eigenvalue weighted by Crippen LogP contribution is 2.55. The maximum absolute atomic E-state index is 10.8. The van der Waals surface area contributed by atoms with E-state index in [0.717, 1.165) is 85.2 Å². The number of nitriles is 1. The fourth-order valence-electron chi connectivity index (χ4n) is 8.28. The molecule has 0 aromatic carbocycles. The predicted molar refractivity (Wildman–Crippen MR) is 175 cm³/mol. The van der Waals surface area contributed by atoms with Crippen LogP contribution in [0.25, 0.3) is 22.6 Å². The van der Waals surface area contributed by atoms with E-state index in [1.54, 1.807) is 11.3 Å². The molecule has 3 atom stereocenters. The summed E-state index contributed by atoms with van der Waals surface area (Å²) in [7, 11) is 2.18. The molecule has 12 heteroatoms. The first-order valence-corrected chi connectivity index (χ1v) is 17.1. The Balaban J connectivity index is 1.41. The number of nitrogens with zero attached hydrogens (tertiary/aromatic N) is 8. The lowest BCUT2D eigenvalue weighted by molar-refractivity contribution is 0.0875. The molecule has 2 aliphatic carbocycles. The van der Waals surface area contributed by atoms with E-state index in [9.17, 15) is 10.4 Å². The zero-order chi connectivity index (χ0) is 31.7. The van der Waals surface area contributed by atoms with Crippen LogP contribution in [0.1, 0.15) is 99.6 Å². The number of nitrogen functional groups attached to an aromatic ring is 1. The second-order valence-electron chi connectivity index (χ2n) is 13.8. The maximum Gasteiger partial charge on any atom is 0.186 e. The summed E-state index contributed by atoms with van der Waals surface area (Å²) in [5, 5.41) is 32.0. The standard InChI is InChI=1S/C33H43N9O2S/c1-6-41(18-32(3,4)43)30-22-17-36-42(19(2)23-11-9-15-40(23)5)31(22)38-29(37-30)26-20-10-7-13-33(27(20)44-39-26)14-8-12-24-25(33)21(16-34)28(35)45-24/h17,19,23,43H,6-15,18,35H2,1-5H3. The molecule has 0 radical (unpaired) electrons. The van der Waals surface area contributed by atoms with Crippen LogP contribution in [0, 0.1) is 11.3 Å². The van der Waals surface area contributed by atoms with Crippen molar-refractivity contribution in [2.24, 2.45) is 0 Å². The maximum atomic E-state index is 10.8. The SMILES string of the molecule is CCN(CC(C)(C)O)c1nc(-c2noc3c2CCCC32CCCc3sc(N)c(C#N)c32)nc2c1cnn2C(C)C1CCCN1C. The second-order valence-corrected chi connectivity index (χ2v) is 15.0. The lowest BCUT2D eigenvalue weighted by Crippen LogP contribution is -2.39. The van der Waals surface area contributed by atoms with Crippen molar-refractivity contribution in [2.75, 3.05) is 37.3 Å². The molecule has 4 aromatic heterocycles. The fraction of sp³-hybridized carbons (Fsp3) is 0.606. The summed E-state index contributed by atoms with van der Waals surface area (Å²) in [5.74, 6) is 2.07. The zero-order valence-corrected chi connectivity index (χ0v) is 27.7. The molecule has 238 valence electrons. The van der Waals surface area contributed by atoms with E-state index in [0.29, 0.717) is 41.2 Å². The van der Waals surface area contributed by atoms with Crippen molar-refractivity contribution < 1.29 is 9.63 Å². The van der Waals surface area contributed by atoms with Gasteiger partial charge in [-0.15, -0.1) is 11.3 Å². The quantitative estimate of drug-likeness (QED) is 0.279. The minimum atomic E-state index is -0.928. The van der Waals surface area contributed by atoms with Crippen molar-refractivity contribution >= 4 is 33.2 Å². The van der Waals surface area contributed by atoms with E-state index in [4.69, 9.17) is 30.5 Å². The number of likely N-dealkylation sites (tertiary alicyclic amines) is 1. The molecule has 1 aliphatic heterocycles. The average molecular weight is 630 g/mol. The van der Waals surface area contributed by atoms with Gasteiger partial charge in [0.2, 0.25) is 0 Å². The van der Waals surface area contributed by atoms with Crippen LogP contribution in [0.4, 0.5) is 10.8 Å². The number of thiophene rings is 1. The minimum Gasteiger partial charge on any atom is -0.389 e. The van der Waals surface area contributed by atoms with Gasteiger partial charge in [0.1, 0.15) is 16.9 Å². The first-order chi connectivity index (χ1) is 21.6. The van der Waals surface area contributed by atoms with Crippen LogP contribution in [0.2, 0.25) is 0 Å². The number of aliphatic hydroxyl groups is 1. The lowest BCUT2D eigenvalue weighted by Gasteiger charge is -2.39. The topological polar surface area (TPSA) is 146 Å². The van der Waals surface area contributed by atoms with Gasteiger partial charge in [0.15, 0.2) is 22.9 Å². The van der Waals surface area contributed by atoms with Crippen LogP contribution in [0.3, 0.4) is 0 Å². The Morgan fingerprint density at radius 2 is 2.04 bits per heavy atom. The molecule has 1 fully saturated rings.